The van der Waals surface area contributed by atoms with Gasteiger partial charge >= 0.3 is 10.3 Å². The average Bonchev–Trinajstić information content (AvgIpc) is 3.07. The fourth-order valence-electron chi connectivity index (χ4n) is 2.35. The highest BCUT2D eigenvalue weighted by Gasteiger charge is 2.10. The number of benzene rings is 2. The van der Waals surface area contributed by atoms with Gasteiger partial charge in [0.2, 0.25) is 0 Å². The van der Waals surface area contributed by atoms with E-state index in [9.17, 15) is 8.42 Å². The normalized spacial score (nSPS) is 14.0. The van der Waals surface area contributed by atoms with Gasteiger partial charge in [0.05, 0.1) is 11.6 Å². The molecule has 0 aliphatic carbocycles. The van der Waals surface area contributed by atoms with Gasteiger partial charge in [0.1, 0.15) is 13.0 Å². The minimum absolute atomic E-state index is 0.0142. The van der Waals surface area contributed by atoms with Crippen molar-refractivity contribution in [1.29, 1.82) is 0 Å². The molecule has 0 atom stereocenters. The number of nitrogens with two attached hydrogens (primary N) is 1. The number of aliphatic imine (C=N–C) groups is 1. The highest BCUT2D eigenvalue weighted by Crippen LogP contribution is 2.32. The summed E-state index contributed by atoms with van der Waals surface area (Å²) in [5.74, 6) is 0.765. The monoisotopic (exact) mass is 412 g/mol. The lowest BCUT2D eigenvalue weighted by atomic mass is 10.1. The van der Waals surface area contributed by atoms with E-state index in [1.54, 1.807) is 30.2 Å². The minimum Gasteiger partial charge on any atom is -0.369 e. The second kappa shape index (κ2) is 8.28. The molecule has 1 heterocycles. The van der Waals surface area contributed by atoms with Crippen LogP contribution in [-0.4, -0.2) is 26.4 Å². The zero-order chi connectivity index (χ0) is 18.6. The van der Waals surface area contributed by atoms with Crippen LogP contribution < -0.4 is 14.7 Å². The van der Waals surface area contributed by atoms with Crippen molar-refractivity contribution in [3.8, 4) is 5.75 Å². The van der Waals surface area contributed by atoms with Gasteiger partial charge in [-0.3, -0.25) is 10.0 Å². The Bertz CT molecular complexity index is 921. The quantitative estimate of drug-likeness (QED) is 0.678. The van der Waals surface area contributed by atoms with Gasteiger partial charge in [-0.2, -0.15) is 13.6 Å². The van der Waals surface area contributed by atoms with Crippen LogP contribution >= 0.6 is 23.4 Å². The Kier molecular flexibility index (Phi) is 6.05. The number of nitrogens with zero attached hydrogens (tertiary/aromatic N) is 2. The van der Waals surface area contributed by atoms with E-state index in [4.69, 9.17) is 16.7 Å². The smallest absolute Gasteiger partial charge is 0.369 e. The van der Waals surface area contributed by atoms with Gasteiger partial charge in [-0.15, -0.1) is 11.8 Å². The Morgan fingerprint density at radius 2 is 2.08 bits per heavy atom. The lowest BCUT2D eigenvalue weighted by Gasteiger charge is -2.14. The number of halogens is 1. The Morgan fingerprint density at radius 3 is 2.77 bits per heavy atom. The van der Waals surface area contributed by atoms with E-state index in [0.29, 0.717) is 6.67 Å². The van der Waals surface area contributed by atoms with Crippen molar-refractivity contribution in [1.82, 2.24) is 10.4 Å². The molecule has 26 heavy (non-hydrogen) atoms. The molecule has 2 aromatic carbocycles. The minimum atomic E-state index is -4.09. The predicted octanol–water partition coefficient (Wildman–Crippen LogP) is 2.52. The first-order chi connectivity index (χ1) is 12.4. The highest BCUT2D eigenvalue weighted by atomic mass is 35.5. The summed E-state index contributed by atoms with van der Waals surface area (Å²) >= 11 is 7.64. The molecule has 1 aliphatic heterocycles. The Balaban J connectivity index is 1.61. The molecule has 0 bridgehead atoms. The van der Waals surface area contributed by atoms with Crippen molar-refractivity contribution in [2.24, 2.45) is 10.1 Å². The first kappa shape index (κ1) is 19.0. The number of thioether (sulfide) groups is 1. The Labute approximate surface area is 161 Å². The van der Waals surface area contributed by atoms with E-state index in [-0.39, 0.29) is 10.8 Å². The van der Waals surface area contributed by atoms with Crippen LogP contribution in [0.4, 0.5) is 0 Å². The molecule has 0 saturated carbocycles. The van der Waals surface area contributed by atoms with E-state index < -0.39 is 10.3 Å². The molecule has 0 amide bonds. The first-order valence-corrected chi connectivity index (χ1v) is 10.4. The zero-order valence-electron chi connectivity index (χ0n) is 13.6. The van der Waals surface area contributed by atoms with Crippen LogP contribution in [0.15, 0.2) is 52.4 Å². The molecule has 138 valence electrons. The molecule has 2 aromatic rings. The molecule has 0 aromatic heterocycles. The van der Waals surface area contributed by atoms with E-state index >= 15 is 0 Å². The molecule has 3 N–H and O–H groups in total. The Hall–Kier alpha value is -1.78. The van der Waals surface area contributed by atoms with Gasteiger partial charge in [-0.1, -0.05) is 35.9 Å². The van der Waals surface area contributed by atoms with Crippen LogP contribution in [-0.2, 0) is 22.6 Å². The van der Waals surface area contributed by atoms with Crippen molar-refractivity contribution < 1.29 is 12.6 Å². The molecular weight excluding hydrogens is 396 g/mol. The molecule has 1 aliphatic rings. The summed E-state index contributed by atoms with van der Waals surface area (Å²) in [6, 6.07) is 13.2. The number of hydrazine groups is 1. The fourth-order valence-corrected chi connectivity index (χ4v) is 3.96. The third-order valence-electron chi connectivity index (χ3n) is 3.45. The zero-order valence-corrected chi connectivity index (χ0v) is 16.0. The van der Waals surface area contributed by atoms with E-state index in [1.807, 2.05) is 11.1 Å². The summed E-state index contributed by atoms with van der Waals surface area (Å²) in [5, 5.41) is 6.98. The summed E-state index contributed by atoms with van der Waals surface area (Å²) in [5.41, 5.74) is 5.49. The third-order valence-corrected chi connectivity index (χ3v) is 5.22. The van der Waals surface area contributed by atoms with Crippen LogP contribution in [0, 0.1) is 0 Å². The van der Waals surface area contributed by atoms with Crippen LogP contribution in [0.2, 0.25) is 5.02 Å². The van der Waals surface area contributed by atoms with Crippen molar-refractivity contribution in [3.63, 3.8) is 0 Å². The molecule has 0 spiro atoms. The second-order valence-electron chi connectivity index (χ2n) is 5.52. The summed E-state index contributed by atoms with van der Waals surface area (Å²) < 4.78 is 26.6. The molecule has 0 fully saturated rings. The molecule has 10 heteroatoms. The molecule has 0 saturated heterocycles. The van der Waals surface area contributed by atoms with Crippen molar-refractivity contribution >= 4 is 40.0 Å². The molecule has 3 rings (SSSR count). The maximum absolute atomic E-state index is 11.0. The van der Waals surface area contributed by atoms with Crippen molar-refractivity contribution in [3.05, 3.63) is 58.6 Å². The third kappa shape index (κ3) is 5.61. The van der Waals surface area contributed by atoms with Gasteiger partial charge in [0.15, 0.2) is 5.75 Å². The van der Waals surface area contributed by atoms with Crippen LogP contribution in [0.3, 0.4) is 0 Å². The molecular formula is C16H17ClN4O3S2. The van der Waals surface area contributed by atoms with E-state index in [1.165, 1.54) is 17.2 Å². The maximum atomic E-state index is 11.0. The summed E-state index contributed by atoms with van der Waals surface area (Å²) in [4.78, 5) is 5.01. The number of hydrogen-bond donors (Lipinski definition) is 2. The standard InChI is InChI=1S/C16H17ClN4O3S2/c17-15-7-14(4-5-16(15)24-26(18,22)23)25-9-13-3-1-2-12(6-13)8-21-11-19-10-20-21/h1-7,11,20H,8-10H2,(H2,18,22,23). The van der Waals surface area contributed by atoms with E-state index in [0.717, 1.165) is 17.2 Å². The van der Waals surface area contributed by atoms with Gasteiger partial charge in [0, 0.05) is 10.6 Å². The van der Waals surface area contributed by atoms with E-state index in [2.05, 4.69) is 32.8 Å². The summed E-state index contributed by atoms with van der Waals surface area (Å²) in [6.07, 6.45) is 1.79. The van der Waals surface area contributed by atoms with Crippen LogP contribution in [0.1, 0.15) is 11.1 Å². The van der Waals surface area contributed by atoms with Gasteiger partial charge in [0.25, 0.3) is 0 Å². The highest BCUT2D eigenvalue weighted by molar-refractivity contribution is 7.98. The van der Waals surface area contributed by atoms with Gasteiger partial charge < -0.3 is 4.18 Å². The fraction of sp³-hybridized carbons (Fsp3) is 0.188. The molecule has 0 unspecified atom stereocenters. The maximum Gasteiger partial charge on any atom is 0.380 e. The number of nitrogens with one attached hydrogen (secondary N) is 1. The second-order valence-corrected chi connectivity index (χ2v) is 8.13. The molecule has 7 nitrogen and oxygen atoms in total. The van der Waals surface area contributed by atoms with Gasteiger partial charge in [-0.05, 0) is 29.3 Å². The van der Waals surface area contributed by atoms with Crippen LogP contribution in [0.5, 0.6) is 5.75 Å². The SMILES string of the molecule is NS(=O)(=O)Oc1ccc(SCc2cccc(CN3C=NCN3)c2)cc1Cl. The average molecular weight is 413 g/mol. The number of rotatable bonds is 7. The summed E-state index contributed by atoms with van der Waals surface area (Å²) in [7, 11) is -4.09. The predicted molar refractivity (Wildman–Crippen MR) is 103 cm³/mol. The topological polar surface area (TPSA) is 97.0 Å². The largest absolute Gasteiger partial charge is 0.380 e. The first-order valence-electron chi connectivity index (χ1n) is 7.61. The molecule has 0 radical (unpaired) electrons. The summed E-state index contributed by atoms with van der Waals surface area (Å²) in [6.45, 7) is 1.36. The van der Waals surface area contributed by atoms with Crippen molar-refractivity contribution in [2.45, 2.75) is 17.2 Å². The number of hydrogen-bond acceptors (Lipinski definition) is 7. The lowest BCUT2D eigenvalue weighted by Crippen LogP contribution is -2.30. The van der Waals surface area contributed by atoms with Crippen LogP contribution in [0.25, 0.3) is 0 Å². The Morgan fingerprint density at radius 1 is 1.27 bits per heavy atom. The lowest BCUT2D eigenvalue weighted by molar-refractivity contribution is 0.342. The van der Waals surface area contributed by atoms with Crippen molar-refractivity contribution in [2.75, 3.05) is 6.67 Å². The van der Waals surface area contributed by atoms with Gasteiger partial charge in [-0.25, -0.2) is 5.43 Å².